The third kappa shape index (κ3) is 14.9. The fourth-order valence-corrected chi connectivity index (χ4v) is 6.57. The minimum absolute atomic E-state index is 1.16. The van der Waals surface area contributed by atoms with Crippen LogP contribution in [-0.2, 0) is 8.85 Å². The van der Waals surface area contributed by atoms with Crippen molar-refractivity contribution in [2.24, 2.45) is 0 Å². The Bertz CT molecular complexity index is 254. The highest BCUT2D eigenvalue weighted by molar-refractivity contribution is 6.67. The first-order chi connectivity index (χ1) is 12.2. The monoisotopic (exact) mass is 372 g/mol. The topological polar surface area (TPSA) is 18.5 Å². The summed E-state index contributed by atoms with van der Waals surface area (Å²) in [6.45, 7) is 4.54. The lowest BCUT2D eigenvalue weighted by Gasteiger charge is -2.27. The van der Waals surface area contributed by atoms with Crippen LogP contribution in [0.3, 0.4) is 0 Å². The summed E-state index contributed by atoms with van der Waals surface area (Å²) < 4.78 is 11.6. The predicted octanol–water partition coefficient (Wildman–Crippen LogP) is 8.00. The zero-order valence-electron chi connectivity index (χ0n) is 18.0. The van der Waals surface area contributed by atoms with Crippen molar-refractivity contribution in [3.05, 3.63) is 0 Å². The molecule has 0 fully saturated rings. The molecule has 0 N–H and O–H groups in total. The molecule has 0 heterocycles. The Balaban J connectivity index is 3.39. The lowest BCUT2D eigenvalue weighted by Crippen LogP contribution is -2.39. The molecule has 0 spiro atoms. The van der Waals surface area contributed by atoms with Crippen LogP contribution in [0.5, 0.6) is 0 Å². The SMILES string of the molecule is CCCCCCCCCCCCCCCC[Si](CCCC)(OC)OC. The fourth-order valence-electron chi connectivity index (χ4n) is 3.65. The third-order valence-electron chi connectivity index (χ3n) is 5.57. The van der Waals surface area contributed by atoms with Crippen molar-refractivity contribution in [1.82, 2.24) is 0 Å². The van der Waals surface area contributed by atoms with Crippen molar-refractivity contribution >= 4 is 8.56 Å². The minimum Gasteiger partial charge on any atom is -0.398 e. The average molecular weight is 373 g/mol. The summed E-state index contributed by atoms with van der Waals surface area (Å²) in [5.74, 6) is 0. The molecule has 3 heteroatoms. The first-order valence-corrected chi connectivity index (χ1v) is 13.6. The number of hydrogen-bond donors (Lipinski definition) is 0. The molecule has 0 atom stereocenters. The van der Waals surface area contributed by atoms with E-state index < -0.39 is 8.56 Å². The molecule has 0 amide bonds. The Hall–Kier alpha value is 0.137. The summed E-state index contributed by atoms with van der Waals surface area (Å²) in [7, 11) is 1.85. The molecule has 2 nitrogen and oxygen atoms in total. The van der Waals surface area contributed by atoms with Crippen LogP contribution in [0, 0.1) is 0 Å². The van der Waals surface area contributed by atoms with Crippen LogP contribution in [0.4, 0.5) is 0 Å². The highest BCUT2D eigenvalue weighted by Crippen LogP contribution is 2.24. The van der Waals surface area contributed by atoms with Gasteiger partial charge in [0.1, 0.15) is 0 Å². The maximum absolute atomic E-state index is 5.82. The van der Waals surface area contributed by atoms with Gasteiger partial charge in [0.05, 0.1) is 0 Å². The molecular weight excluding hydrogens is 324 g/mol. The molecule has 0 unspecified atom stereocenters. The number of unbranched alkanes of at least 4 members (excludes halogenated alkanes) is 14. The van der Waals surface area contributed by atoms with E-state index >= 15 is 0 Å². The van der Waals surface area contributed by atoms with E-state index in [0.717, 1.165) is 6.04 Å². The van der Waals surface area contributed by atoms with Crippen LogP contribution in [-0.4, -0.2) is 22.8 Å². The quantitative estimate of drug-likeness (QED) is 0.159. The summed E-state index contributed by atoms with van der Waals surface area (Å²) in [5.41, 5.74) is 0. The van der Waals surface area contributed by atoms with Gasteiger partial charge in [0.25, 0.3) is 0 Å². The van der Waals surface area contributed by atoms with Crippen molar-refractivity contribution in [1.29, 1.82) is 0 Å². The van der Waals surface area contributed by atoms with Gasteiger partial charge in [0, 0.05) is 14.2 Å². The lowest BCUT2D eigenvalue weighted by molar-refractivity contribution is 0.238. The summed E-state index contributed by atoms with van der Waals surface area (Å²) >= 11 is 0. The maximum Gasteiger partial charge on any atom is 0.337 e. The van der Waals surface area contributed by atoms with Crippen molar-refractivity contribution in [3.8, 4) is 0 Å². The largest absolute Gasteiger partial charge is 0.398 e. The first kappa shape index (κ1) is 25.1. The lowest BCUT2D eigenvalue weighted by atomic mass is 10.0. The Morgan fingerprint density at radius 2 is 0.760 bits per heavy atom. The number of rotatable bonds is 20. The van der Waals surface area contributed by atoms with Crippen molar-refractivity contribution < 1.29 is 8.85 Å². The normalized spacial score (nSPS) is 12.0. The highest BCUT2D eigenvalue weighted by atomic mass is 28.4. The standard InChI is InChI=1S/C22H48O2Si/c1-5-7-9-10-11-12-13-14-15-16-17-18-19-20-22-25(23-3,24-4)21-8-6-2/h5-22H2,1-4H3. The van der Waals surface area contributed by atoms with Crippen molar-refractivity contribution in [2.75, 3.05) is 14.2 Å². The Labute approximate surface area is 160 Å². The average Bonchev–Trinajstić information content (AvgIpc) is 2.65. The van der Waals surface area contributed by atoms with Gasteiger partial charge in [0.2, 0.25) is 0 Å². The van der Waals surface area contributed by atoms with Crippen LogP contribution in [0.25, 0.3) is 0 Å². The highest BCUT2D eigenvalue weighted by Gasteiger charge is 2.33. The second-order valence-electron chi connectivity index (χ2n) is 7.77. The Morgan fingerprint density at radius 3 is 1.12 bits per heavy atom. The molecule has 25 heavy (non-hydrogen) atoms. The molecular formula is C22H48O2Si. The molecule has 0 aromatic heterocycles. The van der Waals surface area contributed by atoms with E-state index in [1.54, 1.807) is 0 Å². The van der Waals surface area contributed by atoms with E-state index in [2.05, 4.69) is 13.8 Å². The zero-order valence-corrected chi connectivity index (χ0v) is 19.0. The molecule has 0 aromatic rings. The summed E-state index contributed by atoms with van der Waals surface area (Å²) in [5, 5.41) is 0. The maximum atomic E-state index is 5.82. The van der Waals surface area contributed by atoms with E-state index in [0.29, 0.717) is 0 Å². The molecule has 152 valence electrons. The van der Waals surface area contributed by atoms with Crippen LogP contribution in [0.2, 0.25) is 12.1 Å². The Morgan fingerprint density at radius 1 is 0.440 bits per heavy atom. The fraction of sp³-hybridized carbons (Fsp3) is 1.00. The van der Waals surface area contributed by atoms with Gasteiger partial charge in [0.15, 0.2) is 0 Å². The van der Waals surface area contributed by atoms with Crippen LogP contribution < -0.4 is 0 Å². The zero-order chi connectivity index (χ0) is 18.6. The van der Waals surface area contributed by atoms with Gasteiger partial charge in [-0.05, 0) is 12.1 Å². The van der Waals surface area contributed by atoms with E-state index in [4.69, 9.17) is 8.85 Å². The molecule has 0 radical (unpaired) electrons. The first-order valence-electron chi connectivity index (χ1n) is 11.3. The van der Waals surface area contributed by atoms with E-state index in [1.165, 1.54) is 109 Å². The van der Waals surface area contributed by atoms with E-state index in [-0.39, 0.29) is 0 Å². The molecule has 0 bridgehead atoms. The van der Waals surface area contributed by atoms with Crippen molar-refractivity contribution in [3.63, 3.8) is 0 Å². The molecule has 0 aliphatic carbocycles. The smallest absolute Gasteiger partial charge is 0.337 e. The van der Waals surface area contributed by atoms with Gasteiger partial charge in [-0.25, -0.2) is 0 Å². The molecule has 0 aliphatic rings. The summed E-state index contributed by atoms with van der Waals surface area (Å²) in [4.78, 5) is 0. The van der Waals surface area contributed by atoms with Gasteiger partial charge in [-0.2, -0.15) is 0 Å². The molecule has 0 aromatic carbocycles. The predicted molar refractivity (Wildman–Crippen MR) is 115 cm³/mol. The van der Waals surface area contributed by atoms with E-state index in [9.17, 15) is 0 Å². The Kier molecular flexibility index (Phi) is 19.0. The van der Waals surface area contributed by atoms with Gasteiger partial charge < -0.3 is 8.85 Å². The van der Waals surface area contributed by atoms with Crippen LogP contribution >= 0.6 is 0 Å². The second-order valence-corrected chi connectivity index (χ2v) is 11.4. The van der Waals surface area contributed by atoms with Gasteiger partial charge in [-0.1, -0.05) is 117 Å². The molecule has 0 saturated heterocycles. The van der Waals surface area contributed by atoms with Gasteiger partial charge >= 0.3 is 8.56 Å². The van der Waals surface area contributed by atoms with Gasteiger partial charge in [-0.15, -0.1) is 0 Å². The molecule has 0 rings (SSSR count). The molecule has 0 saturated carbocycles. The van der Waals surface area contributed by atoms with Crippen LogP contribution in [0.15, 0.2) is 0 Å². The molecule has 0 aliphatic heterocycles. The van der Waals surface area contributed by atoms with Crippen molar-refractivity contribution in [2.45, 2.75) is 129 Å². The minimum atomic E-state index is -1.87. The number of hydrogen-bond acceptors (Lipinski definition) is 2. The van der Waals surface area contributed by atoms with E-state index in [1.807, 2.05) is 14.2 Å². The summed E-state index contributed by atoms with van der Waals surface area (Å²) in [6.07, 6.45) is 22.3. The van der Waals surface area contributed by atoms with Crippen LogP contribution in [0.1, 0.15) is 117 Å². The second kappa shape index (κ2) is 18.9. The third-order valence-corrected chi connectivity index (χ3v) is 9.29. The summed E-state index contributed by atoms with van der Waals surface area (Å²) in [6, 6.07) is 2.34. The van der Waals surface area contributed by atoms with Gasteiger partial charge in [-0.3, -0.25) is 0 Å².